The Morgan fingerprint density at radius 2 is 2.11 bits per heavy atom. The number of carbonyl (C=O) groups is 1. The Labute approximate surface area is 115 Å². The van der Waals surface area contributed by atoms with Gasteiger partial charge in [-0.05, 0) is 32.0 Å². The van der Waals surface area contributed by atoms with Crippen LogP contribution in [0.1, 0.15) is 26.5 Å². The van der Waals surface area contributed by atoms with Gasteiger partial charge in [0.2, 0.25) is 0 Å². The van der Waals surface area contributed by atoms with Gasteiger partial charge < -0.3 is 4.74 Å². The zero-order chi connectivity index (χ0) is 14.0. The average Bonchev–Trinajstić information content (AvgIpc) is 2.65. The van der Waals surface area contributed by atoms with Gasteiger partial charge >= 0.3 is 4.87 Å². The van der Waals surface area contributed by atoms with Crippen LogP contribution in [0.25, 0.3) is 0 Å². The first-order valence-electron chi connectivity index (χ1n) is 5.85. The lowest BCUT2D eigenvalue weighted by Crippen LogP contribution is -2.16. The maximum absolute atomic E-state index is 11.9. The third-order valence-corrected chi connectivity index (χ3v) is 4.14. The summed E-state index contributed by atoms with van der Waals surface area (Å²) in [5, 5.41) is 0. The highest BCUT2D eigenvalue weighted by molar-refractivity contribution is 7.09. The molecule has 0 aliphatic heterocycles. The fraction of sp³-hybridized carbons (Fsp3) is 0.286. The van der Waals surface area contributed by atoms with Gasteiger partial charge in [-0.3, -0.25) is 14.2 Å². The van der Waals surface area contributed by atoms with Gasteiger partial charge in [0.1, 0.15) is 12.0 Å². The van der Waals surface area contributed by atoms with Gasteiger partial charge in [0, 0.05) is 21.7 Å². The van der Waals surface area contributed by atoms with E-state index in [4.69, 9.17) is 4.74 Å². The van der Waals surface area contributed by atoms with E-state index in [-0.39, 0.29) is 4.87 Å². The summed E-state index contributed by atoms with van der Waals surface area (Å²) in [5.41, 5.74) is 2.36. The normalized spacial score (nSPS) is 10.5. The van der Waals surface area contributed by atoms with Crippen LogP contribution in [0.3, 0.4) is 0 Å². The van der Waals surface area contributed by atoms with Crippen molar-refractivity contribution < 1.29 is 9.53 Å². The second kappa shape index (κ2) is 5.40. The number of hydrogen-bond acceptors (Lipinski definition) is 4. The Kier molecular flexibility index (Phi) is 3.85. The van der Waals surface area contributed by atoms with Crippen molar-refractivity contribution >= 4 is 17.6 Å². The van der Waals surface area contributed by atoms with Gasteiger partial charge in [-0.25, -0.2) is 0 Å². The molecule has 1 aromatic heterocycles. The fourth-order valence-electron chi connectivity index (χ4n) is 1.94. The molecule has 0 bridgehead atoms. The summed E-state index contributed by atoms with van der Waals surface area (Å²) in [5.74, 6) is 0.681. The van der Waals surface area contributed by atoms with Crippen molar-refractivity contribution in [2.45, 2.75) is 20.4 Å². The second-order valence-corrected chi connectivity index (χ2v) is 5.45. The number of nitrogens with zero attached hydrogens (tertiary/aromatic N) is 1. The van der Waals surface area contributed by atoms with E-state index in [1.54, 1.807) is 29.9 Å². The summed E-state index contributed by atoms with van der Waals surface area (Å²) in [4.78, 5) is 23.7. The van der Waals surface area contributed by atoms with Gasteiger partial charge in [0.05, 0.1) is 13.7 Å². The van der Waals surface area contributed by atoms with Gasteiger partial charge in [-0.15, -0.1) is 0 Å². The van der Waals surface area contributed by atoms with Crippen molar-refractivity contribution in [1.82, 2.24) is 4.57 Å². The Morgan fingerprint density at radius 1 is 1.37 bits per heavy atom. The van der Waals surface area contributed by atoms with Crippen molar-refractivity contribution in [3.05, 3.63) is 49.6 Å². The SMILES string of the molecule is COc1ccc(C=O)cc1Cn1c(C)c(C)sc1=O. The molecule has 0 fully saturated rings. The number of aryl methyl sites for hydroxylation is 1. The van der Waals surface area contributed by atoms with Crippen LogP contribution in [0.4, 0.5) is 0 Å². The standard InChI is InChI=1S/C14H15NO3S/c1-9-10(2)19-14(17)15(9)7-12-6-11(8-16)4-5-13(12)18-3/h4-6,8H,7H2,1-3H3. The Hall–Kier alpha value is -1.88. The summed E-state index contributed by atoms with van der Waals surface area (Å²) in [6.45, 7) is 4.26. The van der Waals surface area contributed by atoms with Crippen LogP contribution in [-0.4, -0.2) is 18.0 Å². The van der Waals surface area contributed by atoms with Crippen molar-refractivity contribution in [3.63, 3.8) is 0 Å². The molecule has 0 saturated carbocycles. The van der Waals surface area contributed by atoms with Crippen LogP contribution in [0.2, 0.25) is 0 Å². The fourth-order valence-corrected chi connectivity index (χ4v) is 2.77. The Morgan fingerprint density at radius 3 is 2.63 bits per heavy atom. The Balaban J connectivity index is 2.47. The molecule has 0 radical (unpaired) electrons. The summed E-state index contributed by atoms with van der Waals surface area (Å²) in [6, 6.07) is 5.20. The van der Waals surface area contributed by atoms with Gasteiger partial charge in [0.25, 0.3) is 0 Å². The molecule has 1 heterocycles. The smallest absolute Gasteiger partial charge is 0.307 e. The number of carbonyl (C=O) groups excluding carboxylic acids is 1. The minimum atomic E-state index is 0.00793. The molecule has 0 aliphatic rings. The lowest BCUT2D eigenvalue weighted by molar-refractivity contribution is 0.112. The molecular weight excluding hydrogens is 262 g/mol. The minimum Gasteiger partial charge on any atom is -0.496 e. The molecule has 0 atom stereocenters. The number of methoxy groups -OCH3 is 1. The van der Waals surface area contributed by atoms with Crippen LogP contribution in [-0.2, 0) is 6.54 Å². The van der Waals surface area contributed by atoms with Crippen molar-refractivity contribution in [2.75, 3.05) is 7.11 Å². The number of benzene rings is 1. The molecule has 100 valence electrons. The highest BCUT2D eigenvalue weighted by atomic mass is 32.1. The number of hydrogen-bond donors (Lipinski definition) is 0. The summed E-state index contributed by atoms with van der Waals surface area (Å²) >= 11 is 1.24. The number of aromatic nitrogens is 1. The molecule has 2 rings (SSSR count). The minimum absolute atomic E-state index is 0.00793. The first-order valence-corrected chi connectivity index (χ1v) is 6.67. The van der Waals surface area contributed by atoms with Crippen molar-refractivity contribution in [3.8, 4) is 5.75 Å². The summed E-state index contributed by atoms with van der Waals surface area (Å²) in [7, 11) is 1.58. The molecule has 2 aromatic rings. The van der Waals surface area contributed by atoms with E-state index in [0.717, 1.165) is 22.4 Å². The predicted molar refractivity (Wildman–Crippen MR) is 75.5 cm³/mol. The molecule has 0 saturated heterocycles. The summed E-state index contributed by atoms with van der Waals surface area (Å²) < 4.78 is 6.98. The van der Waals surface area contributed by atoms with Crippen LogP contribution < -0.4 is 9.61 Å². The molecular formula is C14H15NO3S. The molecule has 0 unspecified atom stereocenters. The quantitative estimate of drug-likeness (QED) is 0.806. The van der Waals surface area contributed by atoms with Crippen LogP contribution in [0, 0.1) is 13.8 Å². The van der Waals surface area contributed by atoms with Gasteiger partial charge in [0.15, 0.2) is 0 Å². The molecule has 4 nitrogen and oxygen atoms in total. The molecule has 0 spiro atoms. The van der Waals surface area contributed by atoms with Gasteiger partial charge in [-0.2, -0.15) is 0 Å². The highest BCUT2D eigenvalue weighted by Gasteiger charge is 2.11. The van der Waals surface area contributed by atoms with E-state index >= 15 is 0 Å². The topological polar surface area (TPSA) is 48.3 Å². The number of aldehydes is 1. The van der Waals surface area contributed by atoms with E-state index in [1.165, 1.54) is 11.3 Å². The Bertz CT molecular complexity index is 670. The van der Waals surface area contributed by atoms with E-state index in [0.29, 0.717) is 17.9 Å². The lowest BCUT2D eigenvalue weighted by atomic mass is 10.1. The first-order chi connectivity index (χ1) is 9.06. The molecule has 0 amide bonds. The molecule has 5 heteroatoms. The molecule has 19 heavy (non-hydrogen) atoms. The zero-order valence-corrected chi connectivity index (χ0v) is 11.9. The molecule has 0 aliphatic carbocycles. The maximum Gasteiger partial charge on any atom is 0.307 e. The van der Waals surface area contributed by atoms with E-state index in [9.17, 15) is 9.59 Å². The number of rotatable bonds is 4. The van der Waals surface area contributed by atoms with Crippen LogP contribution in [0.15, 0.2) is 23.0 Å². The average molecular weight is 277 g/mol. The van der Waals surface area contributed by atoms with Crippen molar-refractivity contribution in [1.29, 1.82) is 0 Å². The first kappa shape index (κ1) is 13.5. The van der Waals surface area contributed by atoms with Crippen molar-refractivity contribution in [2.24, 2.45) is 0 Å². The third-order valence-electron chi connectivity index (χ3n) is 3.14. The summed E-state index contributed by atoms with van der Waals surface area (Å²) in [6.07, 6.45) is 0.789. The largest absolute Gasteiger partial charge is 0.496 e. The highest BCUT2D eigenvalue weighted by Crippen LogP contribution is 2.21. The zero-order valence-electron chi connectivity index (χ0n) is 11.1. The van der Waals surface area contributed by atoms with Crippen LogP contribution >= 0.6 is 11.3 Å². The molecule has 1 aromatic carbocycles. The predicted octanol–water partition coefficient (Wildman–Crippen LogP) is 2.40. The van der Waals surface area contributed by atoms with E-state index in [2.05, 4.69) is 0 Å². The molecule has 0 N–H and O–H groups in total. The number of ether oxygens (including phenoxy) is 1. The monoisotopic (exact) mass is 277 g/mol. The van der Waals surface area contributed by atoms with E-state index in [1.807, 2.05) is 13.8 Å². The van der Waals surface area contributed by atoms with Gasteiger partial charge in [-0.1, -0.05) is 11.3 Å². The third kappa shape index (κ3) is 2.61. The maximum atomic E-state index is 11.9. The van der Waals surface area contributed by atoms with E-state index < -0.39 is 0 Å². The second-order valence-electron chi connectivity index (χ2n) is 4.28. The van der Waals surface area contributed by atoms with Crippen LogP contribution in [0.5, 0.6) is 5.75 Å². The number of thiazole rings is 1. The lowest BCUT2D eigenvalue weighted by Gasteiger charge is -2.10.